The highest BCUT2D eigenvalue weighted by molar-refractivity contribution is 6.35. The van der Waals surface area contributed by atoms with E-state index in [-0.39, 0.29) is 21.2 Å². The Balaban J connectivity index is 2.66. The maximum absolute atomic E-state index is 12.8. The average Bonchev–Trinajstić information content (AvgIpc) is 2.40. The molecule has 22 heavy (non-hydrogen) atoms. The van der Waals surface area contributed by atoms with Crippen molar-refractivity contribution >= 4 is 23.2 Å². The molecule has 0 radical (unpaired) electrons. The Morgan fingerprint density at radius 2 is 1.59 bits per heavy atom. The fourth-order valence-electron chi connectivity index (χ4n) is 1.82. The molecule has 2 aromatic carbocycles. The first-order chi connectivity index (χ1) is 10.2. The smallest absolute Gasteiger partial charge is 0.416 e. The maximum atomic E-state index is 12.8. The Bertz CT molecular complexity index is 685. The molecule has 0 aliphatic rings. The summed E-state index contributed by atoms with van der Waals surface area (Å²) in [5.74, 6) is -0.424. The molecule has 0 aromatic heterocycles. The van der Waals surface area contributed by atoms with Gasteiger partial charge in [0.2, 0.25) is 0 Å². The largest absolute Gasteiger partial charge is 0.434 e. The molecular weight excluding hydrogens is 350 g/mol. The SMILES string of the molecule is FC(F)Oc1ccc(C(F)(F)F)cc1-c1cc(Cl)ccc1Cl. The van der Waals surface area contributed by atoms with E-state index in [1.165, 1.54) is 18.2 Å². The molecule has 0 bridgehead atoms. The number of benzene rings is 2. The predicted molar refractivity (Wildman–Crippen MR) is 73.5 cm³/mol. The third-order valence-electron chi connectivity index (χ3n) is 2.74. The average molecular weight is 357 g/mol. The van der Waals surface area contributed by atoms with Crippen molar-refractivity contribution in [3.63, 3.8) is 0 Å². The Labute approximate surface area is 132 Å². The molecule has 0 atom stereocenters. The molecule has 0 amide bonds. The lowest BCUT2D eigenvalue weighted by molar-refractivity contribution is -0.137. The number of halogens is 7. The summed E-state index contributed by atoms with van der Waals surface area (Å²) >= 11 is 11.7. The van der Waals surface area contributed by atoms with E-state index in [1.807, 2.05) is 0 Å². The van der Waals surface area contributed by atoms with Crippen LogP contribution in [0.25, 0.3) is 11.1 Å². The summed E-state index contributed by atoms with van der Waals surface area (Å²) in [5.41, 5.74) is -1.17. The van der Waals surface area contributed by atoms with E-state index in [0.717, 1.165) is 6.07 Å². The van der Waals surface area contributed by atoms with E-state index >= 15 is 0 Å². The van der Waals surface area contributed by atoms with Crippen LogP contribution in [0.1, 0.15) is 5.56 Å². The molecule has 0 aliphatic heterocycles. The van der Waals surface area contributed by atoms with Crippen LogP contribution < -0.4 is 4.74 Å². The quantitative estimate of drug-likeness (QED) is 0.588. The van der Waals surface area contributed by atoms with Crippen LogP contribution >= 0.6 is 23.2 Å². The van der Waals surface area contributed by atoms with Gasteiger partial charge in [0.25, 0.3) is 0 Å². The second-order valence-electron chi connectivity index (χ2n) is 4.21. The van der Waals surface area contributed by atoms with Gasteiger partial charge in [0.05, 0.1) is 5.56 Å². The number of hydrogen-bond donors (Lipinski definition) is 0. The van der Waals surface area contributed by atoms with Gasteiger partial charge >= 0.3 is 12.8 Å². The van der Waals surface area contributed by atoms with Crippen molar-refractivity contribution in [2.45, 2.75) is 12.8 Å². The van der Waals surface area contributed by atoms with Gasteiger partial charge in [-0.1, -0.05) is 23.2 Å². The van der Waals surface area contributed by atoms with Crippen LogP contribution in [0.5, 0.6) is 5.75 Å². The zero-order chi connectivity index (χ0) is 16.5. The fourth-order valence-corrected chi connectivity index (χ4v) is 2.21. The van der Waals surface area contributed by atoms with Crippen molar-refractivity contribution in [1.82, 2.24) is 0 Å². The number of alkyl halides is 5. The summed E-state index contributed by atoms with van der Waals surface area (Å²) in [6, 6.07) is 6.22. The summed E-state index contributed by atoms with van der Waals surface area (Å²) in [6.07, 6.45) is -4.64. The van der Waals surface area contributed by atoms with Gasteiger partial charge in [0.1, 0.15) is 5.75 Å². The van der Waals surface area contributed by atoms with Gasteiger partial charge in [-0.3, -0.25) is 0 Å². The van der Waals surface area contributed by atoms with E-state index in [2.05, 4.69) is 4.74 Å². The number of rotatable bonds is 3. The summed E-state index contributed by atoms with van der Waals surface area (Å²) < 4.78 is 67.5. The lowest BCUT2D eigenvalue weighted by Gasteiger charge is -2.15. The van der Waals surface area contributed by atoms with Crippen molar-refractivity contribution in [2.75, 3.05) is 0 Å². The Kier molecular flexibility index (Phi) is 4.82. The summed E-state index contributed by atoms with van der Waals surface area (Å²) in [6.45, 7) is -3.19. The van der Waals surface area contributed by atoms with E-state index in [0.29, 0.717) is 12.1 Å². The normalized spacial score (nSPS) is 11.8. The van der Waals surface area contributed by atoms with Crippen LogP contribution in [0.4, 0.5) is 22.0 Å². The van der Waals surface area contributed by atoms with Crippen molar-refractivity contribution in [3.8, 4) is 16.9 Å². The molecule has 0 saturated heterocycles. The summed E-state index contributed by atoms with van der Waals surface area (Å²) in [7, 11) is 0. The monoisotopic (exact) mass is 356 g/mol. The van der Waals surface area contributed by atoms with E-state index in [4.69, 9.17) is 23.2 Å². The minimum atomic E-state index is -4.64. The molecule has 0 heterocycles. The molecule has 0 aliphatic carbocycles. The number of ether oxygens (including phenoxy) is 1. The maximum Gasteiger partial charge on any atom is 0.416 e. The van der Waals surface area contributed by atoms with E-state index in [1.54, 1.807) is 0 Å². The highest BCUT2D eigenvalue weighted by Crippen LogP contribution is 2.41. The first kappa shape index (κ1) is 16.8. The van der Waals surface area contributed by atoms with Gasteiger partial charge in [-0.05, 0) is 36.4 Å². The Hall–Kier alpha value is -1.53. The minimum Gasteiger partial charge on any atom is -0.434 e. The van der Waals surface area contributed by atoms with Gasteiger partial charge < -0.3 is 4.74 Å². The molecule has 0 fully saturated rings. The third kappa shape index (κ3) is 3.81. The molecule has 0 unspecified atom stereocenters. The molecule has 8 heteroatoms. The zero-order valence-electron chi connectivity index (χ0n) is 10.6. The van der Waals surface area contributed by atoms with Crippen LogP contribution in [-0.2, 0) is 6.18 Å². The van der Waals surface area contributed by atoms with Gasteiger partial charge in [-0.2, -0.15) is 22.0 Å². The van der Waals surface area contributed by atoms with Crippen LogP contribution in [0, 0.1) is 0 Å². The Morgan fingerprint density at radius 3 is 2.18 bits per heavy atom. The van der Waals surface area contributed by atoms with E-state index in [9.17, 15) is 22.0 Å². The molecule has 2 aromatic rings. The lowest BCUT2D eigenvalue weighted by atomic mass is 10.0. The molecule has 118 valence electrons. The zero-order valence-corrected chi connectivity index (χ0v) is 12.1. The molecule has 1 nitrogen and oxygen atoms in total. The Morgan fingerprint density at radius 1 is 0.909 bits per heavy atom. The molecule has 2 rings (SSSR count). The topological polar surface area (TPSA) is 9.23 Å². The van der Waals surface area contributed by atoms with Crippen LogP contribution in [0.15, 0.2) is 36.4 Å². The summed E-state index contributed by atoms with van der Waals surface area (Å²) in [4.78, 5) is 0. The number of hydrogen-bond acceptors (Lipinski definition) is 1. The molecule has 0 saturated carbocycles. The van der Waals surface area contributed by atoms with Crippen molar-refractivity contribution in [3.05, 3.63) is 52.0 Å². The standard InChI is InChI=1S/C14H7Cl2F5O/c15-8-2-3-11(16)9(6-8)10-5-7(14(19,20)21)1-4-12(10)22-13(17)18/h1-6,13H. The van der Waals surface area contributed by atoms with Gasteiger partial charge in [-0.25, -0.2) is 0 Å². The van der Waals surface area contributed by atoms with Crippen molar-refractivity contribution in [1.29, 1.82) is 0 Å². The van der Waals surface area contributed by atoms with E-state index < -0.39 is 24.1 Å². The summed E-state index contributed by atoms with van der Waals surface area (Å²) in [5, 5.41) is 0.252. The second kappa shape index (κ2) is 6.30. The highest BCUT2D eigenvalue weighted by Gasteiger charge is 2.31. The molecule has 0 N–H and O–H groups in total. The van der Waals surface area contributed by atoms with Gasteiger partial charge in [0.15, 0.2) is 0 Å². The second-order valence-corrected chi connectivity index (χ2v) is 5.06. The first-order valence-electron chi connectivity index (χ1n) is 5.80. The van der Waals surface area contributed by atoms with Crippen LogP contribution in [0.2, 0.25) is 10.0 Å². The minimum absolute atomic E-state index is 0.0582. The lowest BCUT2D eigenvalue weighted by Crippen LogP contribution is -2.07. The predicted octanol–water partition coefficient (Wildman–Crippen LogP) is 6.28. The van der Waals surface area contributed by atoms with Gasteiger partial charge in [-0.15, -0.1) is 0 Å². The highest BCUT2D eigenvalue weighted by atomic mass is 35.5. The van der Waals surface area contributed by atoms with Crippen molar-refractivity contribution in [2.24, 2.45) is 0 Å². The molecular formula is C14H7Cl2F5O. The fraction of sp³-hybridized carbons (Fsp3) is 0.143. The first-order valence-corrected chi connectivity index (χ1v) is 6.55. The van der Waals surface area contributed by atoms with Gasteiger partial charge in [0, 0.05) is 21.2 Å². The third-order valence-corrected chi connectivity index (χ3v) is 3.31. The van der Waals surface area contributed by atoms with Crippen LogP contribution in [-0.4, -0.2) is 6.61 Å². The van der Waals surface area contributed by atoms with Crippen LogP contribution in [0.3, 0.4) is 0 Å². The van der Waals surface area contributed by atoms with Crippen molar-refractivity contribution < 1.29 is 26.7 Å². The molecule has 0 spiro atoms.